The van der Waals surface area contributed by atoms with E-state index in [0.29, 0.717) is 11.1 Å². The largest absolute Gasteiger partial charge is 0.308 e. The van der Waals surface area contributed by atoms with Crippen LogP contribution < -0.4 is 4.90 Å². The highest BCUT2D eigenvalue weighted by Crippen LogP contribution is 2.52. The Labute approximate surface area is 167 Å². The summed E-state index contributed by atoms with van der Waals surface area (Å²) in [7, 11) is 0. The van der Waals surface area contributed by atoms with Crippen molar-refractivity contribution in [2.75, 3.05) is 4.90 Å². The Morgan fingerprint density at radius 3 is 2.00 bits per heavy atom. The first kappa shape index (κ1) is 16.4. The van der Waals surface area contributed by atoms with Crippen LogP contribution in [0, 0.1) is 22.7 Å². The highest BCUT2D eigenvalue weighted by molar-refractivity contribution is 7.99. The van der Waals surface area contributed by atoms with Crippen molar-refractivity contribution in [2.24, 2.45) is 0 Å². The number of rotatable bonds is 1. The first-order valence-electron chi connectivity index (χ1n) is 8.82. The van der Waals surface area contributed by atoms with Gasteiger partial charge in [-0.25, -0.2) is 0 Å². The van der Waals surface area contributed by atoms with Gasteiger partial charge < -0.3 is 4.90 Å². The van der Waals surface area contributed by atoms with Gasteiger partial charge in [0, 0.05) is 15.5 Å². The maximum absolute atomic E-state index is 9.43. The fraction of sp³-hybridized carbons (Fsp3) is 0. The van der Waals surface area contributed by atoms with Gasteiger partial charge in [0.15, 0.2) is 0 Å². The Bertz CT molecular complexity index is 1300. The molecule has 5 rings (SSSR count). The van der Waals surface area contributed by atoms with Crippen LogP contribution >= 0.6 is 11.8 Å². The molecule has 0 saturated heterocycles. The Morgan fingerprint density at radius 2 is 1.29 bits per heavy atom. The molecule has 0 bridgehead atoms. The van der Waals surface area contributed by atoms with Crippen molar-refractivity contribution < 1.29 is 0 Å². The van der Waals surface area contributed by atoms with E-state index < -0.39 is 0 Å². The van der Waals surface area contributed by atoms with Gasteiger partial charge in [-0.2, -0.15) is 10.5 Å². The van der Waals surface area contributed by atoms with E-state index in [-0.39, 0.29) is 0 Å². The zero-order valence-corrected chi connectivity index (χ0v) is 15.6. The third kappa shape index (κ3) is 2.60. The maximum atomic E-state index is 9.43. The van der Waals surface area contributed by atoms with Crippen molar-refractivity contribution >= 4 is 39.6 Å². The summed E-state index contributed by atoms with van der Waals surface area (Å²) < 4.78 is 0. The van der Waals surface area contributed by atoms with Crippen LogP contribution in [0.5, 0.6) is 0 Å². The van der Waals surface area contributed by atoms with Crippen molar-refractivity contribution in [1.82, 2.24) is 0 Å². The Balaban J connectivity index is 1.82. The molecule has 1 aliphatic rings. The molecule has 0 spiro atoms. The lowest BCUT2D eigenvalue weighted by Crippen LogP contribution is -2.15. The van der Waals surface area contributed by atoms with Gasteiger partial charge in [-0.1, -0.05) is 48.2 Å². The Kier molecular flexibility index (Phi) is 3.79. The van der Waals surface area contributed by atoms with Gasteiger partial charge in [0.05, 0.1) is 34.6 Å². The molecule has 0 fully saturated rings. The van der Waals surface area contributed by atoms with Crippen LogP contribution in [0.15, 0.2) is 88.7 Å². The van der Waals surface area contributed by atoms with E-state index in [4.69, 9.17) is 0 Å². The van der Waals surface area contributed by atoms with E-state index in [2.05, 4.69) is 53.4 Å². The van der Waals surface area contributed by atoms with Crippen molar-refractivity contribution in [2.45, 2.75) is 9.79 Å². The van der Waals surface area contributed by atoms with Gasteiger partial charge in [0.2, 0.25) is 0 Å². The quantitative estimate of drug-likeness (QED) is 0.335. The number of para-hydroxylation sites is 1. The predicted molar refractivity (Wildman–Crippen MR) is 112 cm³/mol. The second kappa shape index (κ2) is 6.46. The normalized spacial score (nSPS) is 12.0. The summed E-state index contributed by atoms with van der Waals surface area (Å²) in [4.78, 5) is 4.44. The minimum atomic E-state index is 0.479. The number of fused-ring (bicyclic) bond motifs is 3. The molecule has 1 heterocycles. The molecular weight excluding hydrogens is 362 g/mol. The van der Waals surface area contributed by atoms with E-state index in [1.54, 1.807) is 17.8 Å². The molecule has 0 aliphatic carbocycles. The molecule has 0 unspecified atom stereocenters. The van der Waals surface area contributed by atoms with Crippen LogP contribution in [-0.4, -0.2) is 0 Å². The van der Waals surface area contributed by atoms with Gasteiger partial charge in [-0.15, -0.1) is 0 Å². The van der Waals surface area contributed by atoms with E-state index in [1.807, 2.05) is 36.4 Å². The average molecular weight is 375 g/mol. The van der Waals surface area contributed by atoms with E-state index in [0.717, 1.165) is 32.2 Å². The first-order chi connectivity index (χ1) is 13.8. The van der Waals surface area contributed by atoms with Crippen molar-refractivity contribution in [3.63, 3.8) is 0 Å². The number of benzene rings is 4. The van der Waals surface area contributed by atoms with Gasteiger partial charge >= 0.3 is 0 Å². The monoisotopic (exact) mass is 375 g/mol. The van der Waals surface area contributed by atoms with Crippen molar-refractivity contribution in [1.29, 1.82) is 10.5 Å². The van der Waals surface area contributed by atoms with Gasteiger partial charge in [0.25, 0.3) is 0 Å². The number of hydrogen-bond donors (Lipinski definition) is 0. The SMILES string of the molecule is N#Cc1cc(C#N)cc(N2c3ccccc3Sc3cc4ccccc4cc32)c1. The number of hydrogen-bond acceptors (Lipinski definition) is 4. The fourth-order valence-corrected chi connectivity index (χ4v) is 4.68. The lowest BCUT2D eigenvalue weighted by molar-refractivity contribution is 1.17. The zero-order chi connectivity index (χ0) is 19.1. The van der Waals surface area contributed by atoms with E-state index in [1.165, 1.54) is 5.39 Å². The van der Waals surface area contributed by atoms with Crippen molar-refractivity contribution in [3.8, 4) is 12.1 Å². The standard InChI is InChI=1S/C24H13N3S/c25-14-16-9-17(15-26)11-20(10-16)27-21-7-3-4-8-23(21)28-24-13-19-6-2-1-5-18(19)12-22(24)27/h1-13H. The third-order valence-electron chi connectivity index (χ3n) is 4.83. The topological polar surface area (TPSA) is 50.8 Å². The van der Waals surface area contributed by atoms with Gasteiger partial charge in [-0.05, 0) is 53.2 Å². The molecular formula is C24H13N3S. The molecule has 0 radical (unpaired) electrons. The smallest absolute Gasteiger partial charge is 0.0992 e. The Hall–Kier alpha value is -3.73. The summed E-state index contributed by atoms with van der Waals surface area (Å²) in [6.07, 6.45) is 0. The summed E-state index contributed by atoms with van der Waals surface area (Å²) in [5, 5.41) is 21.2. The molecule has 4 aromatic rings. The molecule has 0 atom stereocenters. The molecule has 28 heavy (non-hydrogen) atoms. The highest BCUT2D eigenvalue weighted by Gasteiger charge is 2.25. The third-order valence-corrected chi connectivity index (χ3v) is 5.94. The molecule has 0 aromatic heterocycles. The minimum absolute atomic E-state index is 0.479. The van der Waals surface area contributed by atoms with Crippen LogP contribution in [0.2, 0.25) is 0 Å². The molecule has 0 saturated carbocycles. The first-order valence-corrected chi connectivity index (χ1v) is 9.63. The molecule has 1 aliphatic heterocycles. The van der Waals surface area contributed by atoms with Gasteiger partial charge in [0.1, 0.15) is 0 Å². The summed E-state index contributed by atoms with van der Waals surface area (Å²) >= 11 is 1.74. The minimum Gasteiger partial charge on any atom is -0.308 e. The number of nitrogens with zero attached hydrogens (tertiary/aromatic N) is 3. The van der Waals surface area contributed by atoms with E-state index in [9.17, 15) is 10.5 Å². The zero-order valence-electron chi connectivity index (χ0n) is 14.8. The lowest BCUT2D eigenvalue weighted by atomic mass is 10.1. The van der Waals surface area contributed by atoms with Crippen LogP contribution in [0.3, 0.4) is 0 Å². The fourth-order valence-electron chi connectivity index (χ4n) is 3.59. The maximum Gasteiger partial charge on any atom is 0.0992 e. The highest BCUT2D eigenvalue weighted by atomic mass is 32.2. The molecule has 130 valence electrons. The van der Waals surface area contributed by atoms with Crippen LogP contribution in [0.4, 0.5) is 17.1 Å². The van der Waals surface area contributed by atoms with Crippen LogP contribution in [-0.2, 0) is 0 Å². The van der Waals surface area contributed by atoms with Crippen LogP contribution in [0.25, 0.3) is 10.8 Å². The number of nitriles is 2. The summed E-state index contributed by atoms with van der Waals surface area (Å²) in [6.45, 7) is 0. The second-order valence-corrected chi connectivity index (χ2v) is 7.65. The average Bonchev–Trinajstić information content (AvgIpc) is 2.75. The van der Waals surface area contributed by atoms with Crippen LogP contribution in [0.1, 0.15) is 11.1 Å². The molecule has 4 heteroatoms. The molecule has 0 N–H and O–H groups in total. The molecule has 3 nitrogen and oxygen atoms in total. The lowest BCUT2D eigenvalue weighted by Gasteiger charge is -2.33. The second-order valence-electron chi connectivity index (χ2n) is 6.56. The van der Waals surface area contributed by atoms with E-state index >= 15 is 0 Å². The Morgan fingerprint density at radius 1 is 0.643 bits per heavy atom. The number of anilines is 3. The summed E-state index contributed by atoms with van der Waals surface area (Å²) in [5.74, 6) is 0. The summed E-state index contributed by atoms with van der Waals surface area (Å²) in [5.41, 5.74) is 3.88. The predicted octanol–water partition coefficient (Wildman–Crippen LogP) is 6.52. The molecule has 0 amide bonds. The molecule has 4 aromatic carbocycles. The van der Waals surface area contributed by atoms with Gasteiger partial charge in [-0.3, -0.25) is 0 Å². The van der Waals surface area contributed by atoms with Crippen molar-refractivity contribution in [3.05, 3.63) is 90.0 Å². The summed E-state index contributed by atoms with van der Waals surface area (Å²) in [6, 6.07) is 30.6.